The monoisotopic (exact) mass is 417 g/mol. The van der Waals surface area contributed by atoms with E-state index in [0.717, 1.165) is 17.7 Å². The lowest BCUT2D eigenvalue weighted by molar-refractivity contribution is -0.112. The number of ether oxygens (including phenoxy) is 1. The second-order valence-electron chi connectivity index (χ2n) is 6.81. The Hall–Kier alpha value is -3.43. The van der Waals surface area contributed by atoms with Crippen LogP contribution in [0.5, 0.6) is 5.75 Å². The van der Waals surface area contributed by atoms with Crippen LogP contribution in [0.25, 0.3) is 6.08 Å². The van der Waals surface area contributed by atoms with Crippen LogP contribution in [0.2, 0.25) is 0 Å². The lowest BCUT2D eigenvalue weighted by Crippen LogP contribution is -2.13. The molecule has 3 aromatic rings. The Kier molecular flexibility index (Phi) is 7.36. The fourth-order valence-electron chi connectivity index (χ4n) is 2.88. The van der Waals surface area contributed by atoms with Crippen molar-refractivity contribution in [1.82, 2.24) is 4.98 Å². The number of aromatic nitrogens is 1. The molecule has 1 aromatic heterocycles. The molecule has 0 fully saturated rings. The second-order valence-corrected chi connectivity index (χ2v) is 7.92. The molecule has 0 aliphatic heterocycles. The van der Waals surface area contributed by atoms with Crippen LogP contribution < -0.4 is 10.1 Å². The van der Waals surface area contributed by atoms with E-state index in [4.69, 9.17) is 4.74 Å². The number of carbonyl (C=O) groups is 1. The third kappa shape index (κ3) is 5.79. The zero-order valence-electron chi connectivity index (χ0n) is 17.0. The number of anilines is 1. The minimum atomic E-state index is -0.487. The van der Waals surface area contributed by atoms with E-state index in [1.165, 1.54) is 22.5 Å². The first-order chi connectivity index (χ1) is 14.6. The van der Waals surface area contributed by atoms with E-state index in [9.17, 15) is 10.1 Å². The van der Waals surface area contributed by atoms with Crippen LogP contribution in [-0.2, 0) is 11.2 Å². The minimum absolute atomic E-state index is 0.00187. The van der Waals surface area contributed by atoms with Gasteiger partial charge < -0.3 is 4.74 Å². The molecule has 5 nitrogen and oxygen atoms in total. The number of carbonyl (C=O) groups excluding carboxylic acids is 1. The molecule has 0 unspecified atom stereocenters. The molecular formula is C24H23N3O2S. The zero-order valence-corrected chi connectivity index (χ0v) is 17.8. The summed E-state index contributed by atoms with van der Waals surface area (Å²) in [5, 5.41) is 12.7. The van der Waals surface area contributed by atoms with Crippen LogP contribution in [-0.4, -0.2) is 17.5 Å². The highest BCUT2D eigenvalue weighted by molar-refractivity contribution is 7.15. The van der Waals surface area contributed by atoms with E-state index in [0.29, 0.717) is 23.1 Å². The molecule has 0 saturated carbocycles. The average Bonchev–Trinajstić information content (AvgIpc) is 3.17. The van der Waals surface area contributed by atoms with Gasteiger partial charge >= 0.3 is 0 Å². The summed E-state index contributed by atoms with van der Waals surface area (Å²) in [5.41, 5.74) is 3.09. The van der Waals surface area contributed by atoms with Gasteiger partial charge in [-0.1, -0.05) is 55.0 Å². The third-order valence-electron chi connectivity index (χ3n) is 4.28. The number of aryl methyl sites for hydroxylation is 1. The number of rotatable bonds is 8. The largest absolute Gasteiger partial charge is 0.493 e. The maximum absolute atomic E-state index is 12.6. The molecule has 1 N–H and O–H groups in total. The van der Waals surface area contributed by atoms with Crippen LogP contribution >= 0.6 is 11.3 Å². The number of nitrogens with one attached hydrogen (secondary N) is 1. The van der Waals surface area contributed by atoms with Gasteiger partial charge in [0.2, 0.25) is 0 Å². The van der Waals surface area contributed by atoms with Crippen molar-refractivity contribution in [1.29, 1.82) is 5.26 Å². The Bertz CT molecular complexity index is 1100. The number of nitrogens with zero attached hydrogens (tertiary/aromatic N) is 2. The van der Waals surface area contributed by atoms with Crippen LogP contribution in [0, 0.1) is 18.3 Å². The van der Waals surface area contributed by atoms with Gasteiger partial charge in [-0.05, 0) is 31.1 Å². The Balaban J connectivity index is 1.71. The van der Waals surface area contributed by atoms with E-state index < -0.39 is 5.91 Å². The molecule has 152 valence electrons. The van der Waals surface area contributed by atoms with Gasteiger partial charge in [-0.2, -0.15) is 5.26 Å². The standard InChI is InChI=1S/C24H23N3O2S/c1-3-11-29-22-10-5-4-9-19(22)14-20(15-25)23(28)27-24-26-16-21(30-24)13-18-8-6-7-17(2)12-18/h4-10,12,14,16H,3,11,13H2,1-2H3,(H,26,27,28)/b20-14+. The molecule has 1 heterocycles. The van der Waals surface area contributed by atoms with Gasteiger partial charge in [-0.3, -0.25) is 10.1 Å². The summed E-state index contributed by atoms with van der Waals surface area (Å²) in [4.78, 5) is 17.9. The number of hydrogen-bond acceptors (Lipinski definition) is 5. The quantitative estimate of drug-likeness (QED) is 0.395. The predicted molar refractivity (Wildman–Crippen MR) is 121 cm³/mol. The Morgan fingerprint density at radius 1 is 1.27 bits per heavy atom. The lowest BCUT2D eigenvalue weighted by atomic mass is 10.1. The van der Waals surface area contributed by atoms with Crippen molar-refractivity contribution in [2.24, 2.45) is 0 Å². The van der Waals surface area contributed by atoms with Crippen molar-refractivity contribution in [3.05, 3.63) is 81.9 Å². The first-order valence-corrected chi connectivity index (χ1v) is 10.6. The fraction of sp³-hybridized carbons (Fsp3) is 0.208. The number of nitriles is 1. The molecule has 0 atom stereocenters. The van der Waals surface area contributed by atoms with E-state index in [1.54, 1.807) is 12.3 Å². The summed E-state index contributed by atoms with van der Waals surface area (Å²) in [6.45, 7) is 4.65. The van der Waals surface area contributed by atoms with Gasteiger partial charge in [0.05, 0.1) is 6.61 Å². The smallest absolute Gasteiger partial charge is 0.268 e. The van der Waals surface area contributed by atoms with Gasteiger partial charge in [-0.15, -0.1) is 11.3 Å². The average molecular weight is 418 g/mol. The van der Waals surface area contributed by atoms with Gasteiger partial charge in [0.1, 0.15) is 17.4 Å². The molecule has 0 bridgehead atoms. The van der Waals surface area contributed by atoms with Crippen LogP contribution in [0.3, 0.4) is 0 Å². The number of amides is 1. The number of thiazole rings is 1. The van der Waals surface area contributed by atoms with Crippen molar-refractivity contribution in [3.63, 3.8) is 0 Å². The first kappa shape index (κ1) is 21.3. The normalized spacial score (nSPS) is 11.0. The van der Waals surface area contributed by atoms with Crippen molar-refractivity contribution in [2.75, 3.05) is 11.9 Å². The van der Waals surface area contributed by atoms with E-state index in [-0.39, 0.29) is 5.57 Å². The zero-order chi connectivity index (χ0) is 21.3. The molecule has 0 radical (unpaired) electrons. The van der Waals surface area contributed by atoms with Crippen LogP contribution in [0.15, 0.2) is 60.3 Å². The summed E-state index contributed by atoms with van der Waals surface area (Å²) in [5.74, 6) is 0.161. The Morgan fingerprint density at radius 2 is 2.10 bits per heavy atom. The molecule has 0 aliphatic carbocycles. The number of hydrogen-bond donors (Lipinski definition) is 1. The maximum Gasteiger partial charge on any atom is 0.268 e. The third-order valence-corrected chi connectivity index (χ3v) is 5.19. The van der Waals surface area contributed by atoms with Gasteiger partial charge in [0.15, 0.2) is 5.13 Å². The summed E-state index contributed by atoms with van der Waals surface area (Å²) in [7, 11) is 0. The molecule has 0 saturated heterocycles. The van der Waals surface area contributed by atoms with Gasteiger partial charge in [0.25, 0.3) is 5.91 Å². The maximum atomic E-state index is 12.6. The Morgan fingerprint density at radius 3 is 2.87 bits per heavy atom. The molecule has 6 heteroatoms. The lowest BCUT2D eigenvalue weighted by Gasteiger charge is -2.08. The Labute approximate surface area is 180 Å². The van der Waals surface area contributed by atoms with Crippen LogP contribution in [0.4, 0.5) is 5.13 Å². The molecular weight excluding hydrogens is 394 g/mol. The van der Waals surface area contributed by atoms with Gasteiger partial charge in [0, 0.05) is 23.1 Å². The van der Waals surface area contributed by atoms with E-state index >= 15 is 0 Å². The minimum Gasteiger partial charge on any atom is -0.493 e. The predicted octanol–water partition coefficient (Wildman–Crippen LogP) is 5.38. The highest BCUT2D eigenvalue weighted by Crippen LogP contribution is 2.24. The molecule has 0 aliphatic rings. The highest BCUT2D eigenvalue weighted by Gasteiger charge is 2.13. The summed E-state index contributed by atoms with van der Waals surface area (Å²) in [6.07, 6.45) is 4.92. The molecule has 2 aromatic carbocycles. The van der Waals surface area contributed by atoms with E-state index in [2.05, 4.69) is 35.4 Å². The van der Waals surface area contributed by atoms with Crippen molar-refractivity contribution in [3.8, 4) is 11.8 Å². The fourth-order valence-corrected chi connectivity index (χ4v) is 3.72. The van der Waals surface area contributed by atoms with E-state index in [1.807, 2.05) is 43.3 Å². The molecule has 0 spiro atoms. The number of benzene rings is 2. The van der Waals surface area contributed by atoms with Crippen molar-refractivity contribution < 1.29 is 9.53 Å². The summed E-state index contributed by atoms with van der Waals surface area (Å²) < 4.78 is 5.70. The molecule has 1 amide bonds. The molecule has 3 rings (SSSR count). The SMILES string of the molecule is CCCOc1ccccc1/C=C(\C#N)C(=O)Nc1ncc(Cc2cccc(C)c2)s1. The summed E-state index contributed by atoms with van der Waals surface area (Å²) in [6, 6.07) is 17.6. The topological polar surface area (TPSA) is 75.0 Å². The number of para-hydroxylation sites is 1. The van der Waals surface area contributed by atoms with Gasteiger partial charge in [-0.25, -0.2) is 4.98 Å². The molecule has 30 heavy (non-hydrogen) atoms. The van der Waals surface area contributed by atoms with Crippen molar-refractivity contribution in [2.45, 2.75) is 26.7 Å². The van der Waals surface area contributed by atoms with Crippen molar-refractivity contribution >= 4 is 28.5 Å². The van der Waals surface area contributed by atoms with Crippen LogP contribution in [0.1, 0.15) is 34.9 Å². The highest BCUT2D eigenvalue weighted by atomic mass is 32.1. The second kappa shape index (κ2) is 10.4. The summed E-state index contributed by atoms with van der Waals surface area (Å²) >= 11 is 1.41. The first-order valence-electron chi connectivity index (χ1n) is 9.74.